The number of hydrogen-bond acceptors (Lipinski definition) is 5. The Hall–Kier alpha value is -2.64. The van der Waals surface area contributed by atoms with E-state index >= 15 is 0 Å². The van der Waals surface area contributed by atoms with Crippen molar-refractivity contribution >= 4 is 11.8 Å². The minimum absolute atomic E-state index is 0.00487. The summed E-state index contributed by atoms with van der Waals surface area (Å²) in [5.41, 5.74) is 2.24. The summed E-state index contributed by atoms with van der Waals surface area (Å²) >= 11 is 0. The van der Waals surface area contributed by atoms with Crippen LogP contribution in [-0.2, 0) is 10.2 Å². The summed E-state index contributed by atoms with van der Waals surface area (Å²) in [7, 11) is 1.59. The molecule has 0 spiro atoms. The van der Waals surface area contributed by atoms with Crippen molar-refractivity contribution in [2.45, 2.75) is 46.1 Å². The third-order valence-corrected chi connectivity index (χ3v) is 6.71. The van der Waals surface area contributed by atoms with Crippen LogP contribution in [0.3, 0.4) is 0 Å². The molecular weight excluding hydrogens is 428 g/mol. The zero-order chi connectivity index (χ0) is 24.9. The van der Waals surface area contributed by atoms with Gasteiger partial charge >= 0.3 is 0 Å². The highest BCUT2D eigenvalue weighted by Gasteiger charge is 2.27. The smallest absolute Gasteiger partial charge is 0.290 e. The van der Waals surface area contributed by atoms with Gasteiger partial charge in [-0.05, 0) is 36.6 Å². The molecule has 1 aromatic carbocycles. The molecule has 186 valence electrons. The fraction of sp³-hybridized carbons (Fsp3) is 0.556. The molecule has 0 bridgehead atoms. The minimum Gasteiger partial charge on any atom is -0.451 e. The number of piperazine rings is 1. The van der Waals surface area contributed by atoms with E-state index in [1.54, 1.807) is 18.0 Å². The molecule has 1 aliphatic heterocycles. The van der Waals surface area contributed by atoms with E-state index in [1.807, 2.05) is 18.2 Å². The van der Waals surface area contributed by atoms with Gasteiger partial charge in [0.15, 0.2) is 5.76 Å². The van der Waals surface area contributed by atoms with Crippen molar-refractivity contribution in [1.82, 2.24) is 20.0 Å². The van der Waals surface area contributed by atoms with Crippen LogP contribution < -0.4 is 5.32 Å². The lowest BCUT2D eigenvalue weighted by Crippen LogP contribution is -2.53. The van der Waals surface area contributed by atoms with Crippen LogP contribution in [0.15, 0.2) is 40.8 Å². The molecular formula is C27H40N4O3. The second-order valence-corrected chi connectivity index (χ2v) is 10.2. The van der Waals surface area contributed by atoms with Gasteiger partial charge in [-0.2, -0.15) is 0 Å². The first-order valence-electron chi connectivity index (χ1n) is 12.3. The van der Waals surface area contributed by atoms with E-state index in [4.69, 9.17) is 4.42 Å². The number of furan rings is 1. The van der Waals surface area contributed by atoms with Gasteiger partial charge in [-0.1, -0.05) is 52.0 Å². The van der Waals surface area contributed by atoms with Crippen LogP contribution in [0.1, 0.15) is 50.7 Å². The first kappa shape index (κ1) is 26.0. The molecule has 2 heterocycles. The quantitative estimate of drug-likeness (QED) is 0.643. The minimum atomic E-state index is -0.264. The summed E-state index contributed by atoms with van der Waals surface area (Å²) in [6.07, 6.45) is 0. The maximum absolute atomic E-state index is 13.4. The average Bonchev–Trinajstić information content (AvgIpc) is 3.33. The molecule has 1 aliphatic rings. The van der Waals surface area contributed by atoms with E-state index < -0.39 is 0 Å². The number of likely N-dealkylation sites (N-methyl/N-ethyl adjacent to an activating group) is 2. The molecule has 1 saturated heterocycles. The second kappa shape index (κ2) is 11.2. The predicted octanol–water partition coefficient (Wildman–Crippen LogP) is 3.46. The summed E-state index contributed by atoms with van der Waals surface area (Å²) < 4.78 is 5.97. The van der Waals surface area contributed by atoms with Crippen LogP contribution in [0, 0.1) is 0 Å². The van der Waals surface area contributed by atoms with Crippen molar-refractivity contribution in [3.05, 3.63) is 47.7 Å². The maximum atomic E-state index is 13.4. The van der Waals surface area contributed by atoms with Gasteiger partial charge in [0, 0.05) is 51.4 Å². The van der Waals surface area contributed by atoms with Crippen LogP contribution in [0.25, 0.3) is 11.3 Å². The maximum Gasteiger partial charge on any atom is 0.290 e. The van der Waals surface area contributed by atoms with Crippen molar-refractivity contribution < 1.29 is 14.0 Å². The van der Waals surface area contributed by atoms with Crippen molar-refractivity contribution in [2.24, 2.45) is 0 Å². The number of carbonyl (C=O) groups is 2. The van der Waals surface area contributed by atoms with Crippen LogP contribution in [0.2, 0.25) is 0 Å². The van der Waals surface area contributed by atoms with Gasteiger partial charge in [0.05, 0.1) is 6.54 Å². The molecule has 1 N–H and O–H groups in total. The molecule has 0 saturated carbocycles. The number of amides is 2. The SMILES string of the molecule is CCN1CCN(C(C)CN(CC(=O)NC)C(=O)c2ccc(-c3ccc(C(C)(C)C)cc3)o2)CC1. The Balaban J connectivity index is 1.73. The molecule has 1 atom stereocenters. The van der Waals surface area contributed by atoms with Gasteiger partial charge in [0.2, 0.25) is 5.91 Å². The highest BCUT2D eigenvalue weighted by Crippen LogP contribution is 2.27. The summed E-state index contributed by atoms with van der Waals surface area (Å²) in [5.74, 6) is 0.440. The summed E-state index contributed by atoms with van der Waals surface area (Å²) in [4.78, 5) is 32.0. The van der Waals surface area contributed by atoms with Gasteiger partial charge in [0.25, 0.3) is 5.91 Å². The molecule has 2 amide bonds. The normalized spacial score (nSPS) is 16.3. The van der Waals surface area contributed by atoms with Gasteiger partial charge in [-0.15, -0.1) is 0 Å². The fourth-order valence-electron chi connectivity index (χ4n) is 4.32. The molecule has 3 rings (SSSR count). The number of benzene rings is 1. The zero-order valence-corrected chi connectivity index (χ0v) is 21.6. The van der Waals surface area contributed by atoms with E-state index in [0.717, 1.165) is 38.3 Å². The zero-order valence-electron chi connectivity index (χ0n) is 21.6. The van der Waals surface area contributed by atoms with Gasteiger partial charge in [-0.3, -0.25) is 14.5 Å². The standard InChI is InChI=1S/C27H40N4O3/c1-7-29-14-16-30(17-15-29)20(2)18-31(19-25(32)28-6)26(33)24-13-12-23(34-24)21-8-10-22(11-9-21)27(3,4)5/h8-13,20H,7,14-19H2,1-6H3,(H,28,32). The lowest BCUT2D eigenvalue weighted by atomic mass is 9.86. The monoisotopic (exact) mass is 468 g/mol. The Morgan fingerprint density at radius 3 is 2.26 bits per heavy atom. The Morgan fingerprint density at radius 2 is 1.71 bits per heavy atom. The van der Waals surface area contributed by atoms with Gasteiger partial charge in [0.1, 0.15) is 5.76 Å². The lowest BCUT2D eigenvalue weighted by molar-refractivity contribution is -0.121. The highest BCUT2D eigenvalue weighted by atomic mass is 16.4. The summed E-state index contributed by atoms with van der Waals surface area (Å²) in [6, 6.07) is 11.9. The number of rotatable bonds is 8. The summed E-state index contributed by atoms with van der Waals surface area (Å²) in [6.45, 7) is 16.4. The third kappa shape index (κ3) is 6.48. The first-order valence-corrected chi connectivity index (χ1v) is 12.3. The highest BCUT2D eigenvalue weighted by molar-refractivity contribution is 5.94. The molecule has 0 radical (unpaired) electrons. The number of nitrogens with zero attached hydrogens (tertiary/aromatic N) is 3. The largest absolute Gasteiger partial charge is 0.451 e. The van der Waals surface area contributed by atoms with E-state index in [1.165, 1.54) is 5.56 Å². The van der Waals surface area contributed by atoms with E-state index in [9.17, 15) is 9.59 Å². The summed E-state index contributed by atoms with van der Waals surface area (Å²) in [5, 5.41) is 2.63. The van der Waals surface area contributed by atoms with E-state index in [0.29, 0.717) is 12.3 Å². The molecule has 0 aliphatic carbocycles. The first-order chi connectivity index (χ1) is 16.1. The predicted molar refractivity (Wildman–Crippen MR) is 136 cm³/mol. The molecule has 7 heteroatoms. The Bertz CT molecular complexity index is 953. The second-order valence-electron chi connectivity index (χ2n) is 10.2. The van der Waals surface area contributed by atoms with Crippen LogP contribution in [0.5, 0.6) is 0 Å². The Morgan fingerprint density at radius 1 is 1.06 bits per heavy atom. The molecule has 1 unspecified atom stereocenters. The van der Waals surface area contributed by atoms with Crippen molar-refractivity contribution in [3.8, 4) is 11.3 Å². The fourth-order valence-corrected chi connectivity index (χ4v) is 4.32. The average molecular weight is 469 g/mol. The van der Waals surface area contributed by atoms with Crippen LogP contribution in [0.4, 0.5) is 0 Å². The molecule has 7 nitrogen and oxygen atoms in total. The van der Waals surface area contributed by atoms with Gasteiger partial charge < -0.3 is 19.5 Å². The molecule has 1 aromatic heterocycles. The van der Waals surface area contributed by atoms with Gasteiger partial charge in [-0.25, -0.2) is 0 Å². The molecule has 1 fully saturated rings. The Labute approximate surface area is 204 Å². The number of nitrogens with one attached hydrogen (secondary N) is 1. The molecule has 2 aromatic rings. The number of carbonyl (C=O) groups excluding carboxylic acids is 2. The Kier molecular flexibility index (Phi) is 8.55. The van der Waals surface area contributed by atoms with Crippen molar-refractivity contribution in [2.75, 3.05) is 52.9 Å². The van der Waals surface area contributed by atoms with Crippen LogP contribution in [-0.4, -0.2) is 85.4 Å². The lowest BCUT2D eigenvalue weighted by Gasteiger charge is -2.39. The number of hydrogen-bond donors (Lipinski definition) is 1. The van der Waals surface area contributed by atoms with E-state index in [2.05, 4.69) is 61.9 Å². The topological polar surface area (TPSA) is 69.0 Å². The van der Waals surface area contributed by atoms with Crippen molar-refractivity contribution in [1.29, 1.82) is 0 Å². The third-order valence-electron chi connectivity index (χ3n) is 6.71. The van der Waals surface area contributed by atoms with Crippen molar-refractivity contribution in [3.63, 3.8) is 0 Å². The van der Waals surface area contributed by atoms with Crippen LogP contribution >= 0.6 is 0 Å². The molecule has 34 heavy (non-hydrogen) atoms. The van der Waals surface area contributed by atoms with E-state index in [-0.39, 0.29) is 35.6 Å².